The Morgan fingerprint density at radius 2 is 1.95 bits per heavy atom. The summed E-state index contributed by atoms with van der Waals surface area (Å²) in [4.78, 5) is 24.8. The Kier molecular flexibility index (Phi) is 6.38. The van der Waals surface area contributed by atoms with Crippen LogP contribution >= 0.6 is 0 Å². The highest BCUT2D eigenvalue weighted by Crippen LogP contribution is 2.16. The lowest BCUT2D eigenvalue weighted by molar-refractivity contribution is -0.137. The Bertz CT molecular complexity index is 516. The summed E-state index contributed by atoms with van der Waals surface area (Å²) in [5.41, 5.74) is 0.422. The number of aliphatic carboxylic acids is 1. The number of carbonyl (C=O) groups is 2. The highest BCUT2D eigenvalue weighted by atomic mass is 32.2. The van der Waals surface area contributed by atoms with Crippen molar-refractivity contribution >= 4 is 22.7 Å². The van der Waals surface area contributed by atoms with Crippen LogP contribution < -0.4 is 0 Å². The van der Waals surface area contributed by atoms with Crippen LogP contribution in [0.2, 0.25) is 0 Å². The van der Waals surface area contributed by atoms with E-state index in [0.29, 0.717) is 29.2 Å². The summed E-state index contributed by atoms with van der Waals surface area (Å²) in [6, 6.07) is 6.83. The normalized spacial score (nSPS) is 11.9. The number of carboxylic acid groups (broad SMARTS) is 1. The summed E-state index contributed by atoms with van der Waals surface area (Å²) < 4.78 is 11.9. The number of hydrogen-bond donors (Lipinski definition) is 1. The zero-order chi connectivity index (χ0) is 15.1. The molecule has 0 saturated carbocycles. The van der Waals surface area contributed by atoms with E-state index >= 15 is 0 Å². The molecule has 1 aromatic rings. The zero-order valence-electron chi connectivity index (χ0n) is 11.7. The van der Waals surface area contributed by atoms with Crippen LogP contribution in [0.4, 0.5) is 0 Å². The van der Waals surface area contributed by atoms with Crippen LogP contribution in [0.3, 0.4) is 0 Å². The standard InChI is InChI=1S/C14H19NO4S/c1-3-20(19)12-8-5-4-7-11(12)14(18)15(2)10-6-9-13(16)17/h4-5,7-8H,3,6,9-10H2,1-2H3,(H,16,17). The first kappa shape index (κ1) is 16.4. The number of carbonyl (C=O) groups excluding carboxylic acids is 1. The molecule has 6 heteroatoms. The largest absolute Gasteiger partial charge is 0.481 e. The number of rotatable bonds is 7. The summed E-state index contributed by atoms with van der Waals surface area (Å²) in [5.74, 6) is -0.654. The Hall–Kier alpha value is -1.69. The van der Waals surface area contributed by atoms with Crippen molar-refractivity contribution in [2.45, 2.75) is 24.7 Å². The van der Waals surface area contributed by atoms with E-state index < -0.39 is 16.8 Å². The molecular weight excluding hydrogens is 278 g/mol. The Balaban J connectivity index is 2.81. The number of carboxylic acids is 1. The first-order valence-electron chi connectivity index (χ1n) is 6.42. The van der Waals surface area contributed by atoms with Gasteiger partial charge in [-0.3, -0.25) is 13.8 Å². The molecule has 110 valence electrons. The van der Waals surface area contributed by atoms with E-state index in [4.69, 9.17) is 5.11 Å². The van der Waals surface area contributed by atoms with E-state index in [1.54, 1.807) is 38.2 Å². The predicted molar refractivity (Wildman–Crippen MR) is 77.2 cm³/mol. The van der Waals surface area contributed by atoms with Gasteiger partial charge in [-0.25, -0.2) is 0 Å². The fourth-order valence-corrected chi connectivity index (χ4v) is 2.71. The van der Waals surface area contributed by atoms with Crippen molar-refractivity contribution in [3.8, 4) is 0 Å². The maximum Gasteiger partial charge on any atom is 0.303 e. The fraction of sp³-hybridized carbons (Fsp3) is 0.429. The van der Waals surface area contributed by atoms with Gasteiger partial charge in [-0.05, 0) is 18.6 Å². The Labute approximate surface area is 121 Å². The number of benzene rings is 1. The van der Waals surface area contributed by atoms with E-state index in [1.807, 2.05) is 0 Å². The molecular formula is C14H19NO4S. The van der Waals surface area contributed by atoms with Crippen molar-refractivity contribution in [2.24, 2.45) is 0 Å². The number of nitrogens with zero attached hydrogens (tertiary/aromatic N) is 1. The van der Waals surface area contributed by atoms with Crippen LogP contribution in [-0.2, 0) is 15.6 Å². The summed E-state index contributed by atoms with van der Waals surface area (Å²) in [6.07, 6.45) is 0.427. The Morgan fingerprint density at radius 1 is 1.30 bits per heavy atom. The quantitative estimate of drug-likeness (QED) is 0.832. The van der Waals surface area contributed by atoms with Gasteiger partial charge in [0.2, 0.25) is 0 Å². The van der Waals surface area contributed by atoms with Crippen LogP contribution in [0.1, 0.15) is 30.1 Å². The van der Waals surface area contributed by atoms with Crippen molar-refractivity contribution in [2.75, 3.05) is 19.3 Å². The van der Waals surface area contributed by atoms with Crippen molar-refractivity contribution in [3.05, 3.63) is 29.8 Å². The maximum atomic E-state index is 12.3. The van der Waals surface area contributed by atoms with Crippen molar-refractivity contribution in [1.82, 2.24) is 4.90 Å². The minimum Gasteiger partial charge on any atom is -0.481 e. The third kappa shape index (κ3) is 4.45. The van der Waals surface area contributed by atoms with Gasteiger partial charge >= 0.3 is 5.97 Å². The van der Waals surface area contributed by atoms with Crippen LogP contribution in [0.15, 0.2) is 29.2 Å². The molecule has 0 aliphatic rings. The number of hydrogen-bond acceptors (Lipinski definition) is 3. The SMILES string of the molecule is CCS(=O)c1ccccc1C(=O)N(C)CCCC(=O)O. The molecule has 0 heterocycles. The monoisotopic (exact) mass is 297 g/mol. The van der Waals surface area contributed by atoms with Gasteiger partial charge in [0.25, 0.3) is 5.91 Å². The smallest absolute Gasteiger partial charge is 0.303 e. The average molecular weight is 297 g/mol. The van der Waals surface area contributed by atoms with E-state index in [9.17, 15) is 13.8 Å². The second-order valence-electron chi connectivity index (χ2n) is 4.35. The summed E-state index contributed by atoms with van der Waals surface area (Å²) in [6.45, 7) is 2.16. The molecule has 20 heavy (non-hydrogen) atoms. The molecule has 0 radical (unpaired) electrons. The lowest BCUT2D eigenvalue weighted by Gasteiger charge is -2.18. The van der Waals surface area contributed by atoms with Crippen LogP contribution in [0.25, 0.3) is 0 Å². The van der Waals surface area contributed by atoms with E-state index in [0.717, 1.165) is 0 Å². The van der Waals surface area contributed by atoms with E-state index in [1.165, 1.54) is 4.90 Å². The predicted octanol–water partition coefficient (Wildman–Crippen LogP) is 1.75. The van der Waals surface area contributed by atoms with Crippen molar-refractivity contribution in [1.29, 1.82) is 0 Å². The molecule has 1 aromatic carbocycles. The molecule has 1 rings (SSSR count). The number of amides is 1. The lowest BCUT2D eigenvalue weighted by atomic mass is 10.2. The van der Waals surface area contributed by atoms with Crippen LogP contribution in [0.5, 0.6) is 0 Å². The van der Waals surface area contributed by atoms with E-state index in [2.05, 4.69) is 0 Å². The molecule has 5 nitrogen and oxygen atoms in total. The van der Waals surface area contributed by atoms with Gasteiger partial charge in [-0.2, -0.15) is 0 Å². The molecule has 1 N–H and O–H groups in total. The fourth-order valence-electron chi connectivity index (χ4n) is 1.77. The summed E-state index contributed by atoms with van der Waals surface area (Å²) in [7, 11) is 0.427. The van der Waals surface area contributed by atoms with Gasteiger partial charge < -0.3 is 10.0 Å². The second-order valence-corrected chi connectivity index (χ2v) is 6.06. The van der Waals surface area contributed by atoms with Crippen molar-refractivity contribution in [3.63, 3.8) is 0 Å². The highest BCUT2D eigenvalue weighted by molar-refractivity contribution is 7.85. The third-order valence-electron chi connectivity index (χ3n) is 2.86. The van der Waals surface area contributed by atoms with Gasteiger partial charge in [-0.1, -0.05) is 19.1 Å². The van der Waals surface area contributed by atoms with E-state index in [-0.39, 0.29) is 12.3 Å². The molecule has 1 atom stereocenters. The summed E-state index contributed by atoms with van der Waals surface area (Å²) >= 11 is 0. The highest BCUT2D eigenvalue weighted by Gasteiger charge is 2.18. The van der Waals surface area contributed by atoms with Crippen molar-refractivity contribution < 1.29 is 18.9 Å². The maximum absolute atomic E-state index is 12.3. The van der Waals surface area contributed by atoms with Gasteiger partial charge in [0.15, 0.2) is 0 Å². The molecule has 0 saturated heterocycles. The molecule has 0 aromatic heterocycles. The van der Waals surface area contributed by atoms with Gasteiger partial charge in [0, 0.05) is 25.8 Å². The average Bonchev–Trinajstić information content (AvgIpc) is 2.45. The molecule has 0 spiro atoms. The minimum absolute atomic E-state index is 0.0279. The van der Waals surface area contributed by atoms with Gasteiger partial charge in [-0.15, -0.1) is 0 Å². The molecule has 0 bridgehead atoms. The molecule has 1 unspecified atom stereocenters. The summed E-state index contributed by atoms with van der Waals surface area (Å²) in [5, 5.41) is 8.59. The first-order valence-corrected chi connectivity index (χ1v) is 7.74. The van der Waals surface area contributed by atoms with Gasteiger partial charge in [0.05, 0.1) is 21.3 Å². The Morgan fingerprint density at radius 3 is 2.55 bits per heavy atom. The lowest BCUT2D eigenvalue weighted by Crippen LogP contribution is -2.29. The van der Waals surface area contributed by atoms with Gasteiger partial charge in [0.1, 0.15) is 0 Å². The molecule has 0 aliphatic heterocycles. The third-order valence-corrected chi connectivity index (χ3v) is 4.23. The molecule has 0 fully saturated rings. The minimum atomic E-state index is -1.19. The van der Waals surface area contributed by atoms with Crippen LogP contribution in [0, 0.1) is 0 Å². The first-order chi connectivity index (χ1) is 9.47. The van der Waals surface area contributed by atoms with Crippen LogP contribution in [-0.4, -0.2) is 45.4 Å². The molecule has 0 aliphatic carbocycles. The topological polar surface area (TPSA) is 74.7 Å². The molecule has 1 amide bonds. The second kappa shape index (κ2) is 7.79. The zero-order valence-corrected chi connectivity index (χ0v) is 12.5.